The molecular weight excluding hydrogens is 494 g/mol. The third-order valence-electron chi connectivity index (χ3n) is 6.38. The smallest absolute Gasteiger partial charge is 0.326 e. The van der Waals surface area contributed by atoms with Crippen LogP contribution in [0.3, 0.4) is 0 Å². The fourth-order valence-electron chi connectivity index (χ4n) is 4.44. The third kappa shape index (κ3) is 4.67. The van der Waals surface area contributed by atoms with Gasteiger partial charge >= 0.3 is 5.97 Å². The molecule has 1 unspecified atom stereocenters. The number of allylic oxidation sites excluding steroid dienone is 5. The molecule has 5 rings (SSSR count). The van der Waals surface area contributed by atoms with Gasteiger partial charge in [-0.15, -0.1) is 11.3 Å². The predicted octanol–water partition coefficient (Wildman–Crippen LogP) is 6.01. The molecule has 184 valence electrons. The Hall–Kier alpha value is -3.46. The number of sulfonamides is 1. The van der Waals surface area contributed by atoms with Crippen LogP contribution in [0.15, 0.2) is 95.1 Å². The first-order valence-corrected chi connectivity index (χ1v) is 13.8. The van der Waals surface area contributed by atoms with Gasteiger partial charge in [0.25, 0.3) is 0 Å². The van der Waals surface area contributed by atoms with Gasteiger partial charge in [0.05, 0.1) is 24.3 Å². The summed E-state index contributed by atoms with van der Waals surface area (Å²) in [6.07, 6.45) is 10.1. The van der Waals surface area contributed by atoms with Gasteiger partial charge in [0, 0.05) is 16.2 Å². The average Bonchev–Trinajstić information content (AvgIpc) is 3.42. The monoisotopic (exact) mass is 519 g/mol. The van der Waals surface area contributed by atoms with E-state index in [2.05, 4.69) is 18.2 Å². The number of carbonyl (C=O) groups is 1. The van der Waals surface area contributed by atoms with E-state index in [1.54, 1.807) is 43.5 Å². The number of aliphatic carboxylic acids is 1. The summed E-state index contributed by atoms with van der Waals surface area (Å²) in [5, 5.41) is 9.82. The zero-order valence-corrected chi connectivity index (χ0v) is 21.3. The lowest BCUT2D eigenvalue weighted by Crippen LogP contribution is -2.34. The van der Waals surface area contributed by atoms with E-state index in [0.717, 1.165) is 38.9 Å². The molecular formula is C28H25NO5S2. The molecule has 8 heteroatoms. The lowest BCUT2D eigenvalue weighted by Gasteiger charge is -2.23. The SMILES string of the molecule is COC1=CC=C(/C=C/c2ccc(-c3cc4c(s3)CN(C(C(=O)O)c3ccccc3)S4(=O)=O)cc2)CC1. The van der Waals surface area contributed by atoms with Crippen molar-refractivity contribution in [2.24, 2.45) is 0 Å². The van der Waals surface area contributed by atoms with E-state index in [1.807, 2.05) is 30.3 Å². The van der Waals surface area contributed by atoms with Gasteiger partial charge in [-0.05, 0) is 40.8 Å². The fourth-order valence-corrected chi connectivity index (χ4v) is 7.75. The van der Waals surface area contributed by atoms with Gasteiger partial charge in [0.1, 0.15) is 6.04 Å². The van der Waals surface area contributed by atoms with Crippen molar-refractivity contribution in [1.29, 1.82) is 0 Å². The van der Waals surface area contributed by atoms with Gasteiger partial charge < -0.3 is 9.84 Å². The number of hydrogen-bond acceptors (Lipinski definition) is 5. The highest BCUT2D eigenvalue weighted by atomic mass is 32.2. The number of carboxylic acid groups (broad SMARTS) is 1. The summed E-state index contributed by atoms with van der Waals surface area (Å²) >= 11 is 1.39. The minimum atomic E-state index is -3.93. The second-order valence-corrected chi connectivity index (χ2v) is 11.6. The van der Waals surface area contributed by atoms with E-state index in [9.17, 15) is 18.3 Å². The highest BCUT2D eigenvalue weighted by Gasteiger charge is 2.44. The summed E-state index contributed by atoms with van der Waals surface area (Å²) in [5.74, 6) is -0.203. The molecule has 2 heterocycles. The molecule has 6 nitrogen and oxygen atoms in total. The van der Waals surface area contributed by atoms with Crippen LogP contribution in [0.25, 0.3) is 16.5 Å². The van der Waals surface area contributed by atoms with Crippen LogP contribution in [0.5, 0.6) is 0 Å². The van der Waals surface area contributed by atoms with Gasteiger partial charge in [-0.2, -0.15) is 4.31 Å². The molecule has 0 spiro atoms. The maximum Gasteiger partial charge on any atom is 0.326 e. The molecule has 3 aromatic rings. The van der Waals surface area contributed by atoms with Crippen LogP contribution in [0.4, 0.5) is 0 Å². The van der Waals surface area contributed by atoms with Gasteiger partial charge in [0.15, 0.2) is 0 Å². The number of thiophene rings is 1. The van der Waals surface area contributed by atoms with Crippen molar-refractivity contribution >= 4 is 33.4 Å². The second kappa shape index (κ2) is 9.89. The minimum absolute atomic E-state index is 0.0450. The molecule has 0 bridgehead atoms. The summed E-state index contributed by atoms with van der Waals surface area (Å²) in [5.41, 5.74) is 3.65. The molecule has 0 saturated carbocycles. The van der Waals surface area contributed by atoms with Gasteiger partial charge in [0.2, 0.25) is 10.0 Å². The first-order valence-electron chi connectivity index (χ1n) is 11.5. The Labute approximate surface area is 214 Å². The molecule has 0 radical (unpaired) electrons. The lowest BCUT2D eigenvalue weighted by atomic mass is 10.0. The summed E-state index contributed by atoms with van der Waals surface area (Å²) in [7, 11) is -2.24. The quantitative estimate of drug-likeness (QED) is 0.413. The lowest BCUT2D eigenvalue weighted by molar-refractivity contribution is -0.141. The number of benzene rings is 2. The topological polar surface area (TPSA) is 83.9 Å². The van der Waals surface area contributed by atoms with Crippen molar-refractivity contribution in [3.05, 3.63) is 106 Å². The maximum atomic E-state index is 13.3. The Morgan fingerprint density at radius 1 is 1.06 bits per heavy atom. The molecule has 2 aliphatic rings. The third-order valence-corrected chi connectivity index (χ3v) is 9.56. The molecule has 1 aliphatic carbocycles. The highest BCUT2D eigenvalue weighted by molar-refractivity contribution is 7.89. The summed E-state index contributed by atoms with van der Waals surface area (Å²) in [4.78, 5) is 13.7. The Bertz CT molecular complexity index is 1480. The first-order chi connectivity index (χ1) is 17.4. The number of methoxy groups -OCH3 is 1. The van der Waals surface area contributed by atoms with Crippen LogP contribution < -0.4 is 0 Å². The van der Waals surface area contributed by atoms with Gasteiger partial charge in [-0.3, -0.25) is 4.79 Å². The molecule has 1 atom stereocenters. The molecule has 2 aromatic carbocycles. The van der Waals surface area contributed by atoms with Gasteiger partial charge in [-0.1, -0.05) is 72.8 Å². The summed E-state index contributed by atoms with van der Waals surface area (Å²) in [6.45, 7) is 0.0450. The maximum absolute atomic E-state index is 13.3. The van der Waals surface area contributed by atoms with E-state index < -0.39 is 22.0 Å². The first kappa shape index (κ1) is 24.2. The molecule has 1 aromatic heterocycles. The summed E-state index contributed by atoms with van der Waals surface area (Å²) in [6, 6.07) is 16.8. The van der Waals surface area contributed by atoms with Crippen LogP contribution in [-0.2, 0) is 26.1 Å². The largest absolute Gasteiger partial charge is 0.501 e. The number of hydrogen-bond donors (Lipinski definition) is 1. The highest BCUT2D eigenvalue weighted by Crippen LogP contribution is 2.44. The normalized spacial score (nSPS) is 17.9. The van der Waals surface area contributed by atoms with Crippen LogP contribution in [-0.4, -0.2) is 30.9 Å². The van der Waals surface area contributed by atoms with Crippen LogP contribution >= 0.6 is 11.3 Å². The minimum Gasteiger partial charge on any atom is -0.501 e. The number of ether oxygens (including phenoxy) is 1. The van der Waals surface area contributed by atoms with Crippen molar-refractivity contribution in [1.82, 2.24) is 4.31 Å². The zero-order chi connectivity index (χ0) is 25.3. The average molecular weight is 520 g/mol. The molecule has 0 amide bonds. The van der Waals surface area contributed by atoms with Crippen molar-refractivity contribution in [3.63, 3.8) is 0 Å². The van der Waals surface area contributed by atoms with Crippen molar-refractivity contribution in [2.45, 2.75) is 30.3 Å². The van der Waals surface area contributed by atoms with Crippen molar-refractivity contribution < 1.29 is 23.1 Å². The number of nitrogens with zero attached hydrogens (tertiary/aromatic N) is 1. The van der Waals surface area contributed by atoms with E-state index in [1.165, 1.54) is 16.9 Å². The van der Waals surface area contributed by atoms with E-state index in [0.29, 0.717) is 10.4 Å². The Kier molecular flexibility index (Phi) is 6.66. The molecule has 0 saturated heterocycles. The molecule has 1 N–H and O–H groups in total. The zero-order valence-electron chi connectivity index (χ0n) is 19.6. The fraction of sp³-hybridized carbons (Fsp3) is 0.179. The van der Waals surface area contributed by atoms with Crippen LogP contribution in [0, 0.1) is 0 Å². The van der Waals surface area contributed by atoms with Crippen LogP contribution in [0.1, 0.15) is 34.9 Å². The van der Waals surface area contributed by atoms with Crippen LogP contribution in [0.2, 0.25) is 0 Å². The number of fused-ring (bicyclic) bond motifs is 1. The Morgan fingerprint density at radius 3 is 2.42 bits per heavy atom. The van der Waals surface area contributed by atoms with Gasteiger partial charge in [-0.25, -0.2) is 8.42 Å². The van der Waals surface area contributed by atoms with E-state index in [-0.39, 0.29) is 11.4 Å². The Balaban J connectivity index is 1.35. The second-order valence-electron chi connectivity index (χ2n) is 8.63. The number of carboxylic acids is 1. The molecule has 0 fully saturated rings. The van der Waals surface area contributed by atoms with Crippen molar-refractivity contribution in [3.8, 4) is 10.4 Å². The van der Waals surface area contributed by atoms with E-state index >= 15 is 0 Å². The van der Waals surface area contributed by atoms with Crippen molar-refractivity contribution in [2.75, 3.05) is 7.11 Å². The molecule has 36 heavy (non-hydrogen) atoms. The van der Waals surface area contributed by atoms with E-state index in [4.69, 9.17) is 4.74 Å². The Morgan fingerprint density at radius 2 is 1.81 bits per heavy atom. The molecule has 1 aliphatic heterocycles. The number of rotatable bonds is 7. The summed E-state index contributed by atoms with van der Waals surface area (Å²) < 4.78 is 33.0. The standard InChI is InChI=1S/C28H25NO5S2/c1-34-23-15-11-20(12-16-23)8-7-19-9-13-21(14-10-19)24-17-26-25(35-24)18-29(36(26,32)33)27(28(30)31)22-5-3-2-4-6-22/h2-11,13-15,17,27H,12,16,18H2,1H3,(H,30,31)/b8-7+. The predicted molar refractivity (Wildman–Crippen MR) is 141 cm³/mol.